The third kappa shape index (κ3) is 4.26. The zero-order valence-electron chi connectivity index (χ0n) is 11.1. The Morgan fingerprint density at radius 3 is 2.40 bits per heavy atom. The Hall–Kier alpha value is -0.470. The van der Waals surface area contributed by atoms with Crippen molar-refractivity contribution < 1.29 is 13.5 Å². The van der Waals surface area contributed by atoms with E-state index in [0.717, 1.165) is 22.9 Å². The maximum atomic E-state index is 12.2. The smallest absolute Gasteiger partial charge is 0.279 e. The van der Waals surface area contributed by atoms with Gasteiger partial charge in [0.1, 0.15) is 0 Å². The second-order valence-corrected chi connectivity index (χ2v) is 7.65. The fourth-order valence-corrected chi connectivity index (χ4v) is 3.69. The van der Waals surface area contributed by atoms with Crippen LogP contribution < -0.4 is 4.72 Å². The second-order valence-electron chi connectivity index (χ2n) is 4.98. The maximum Gasteiger partial charge on any atom is 0.279 e. The molecule has 1 aromatic carbocycles. The quantitative estimate of drug-likeness (QED) is 0.833. The van der Waals surface area contributed by atoms with Crippen LogP contribution in [0.3, 0.4) is 0 Å². The minimum Gasteiger partial charge on any atom is -0.396 e. The van der Waals surface area contributed by atoms with Crippen LogP contribution in [0, 0.1) is 5.92 Å². The fraction of sp³-hybridized carbons (Fsp3) is 0.538. The molecule has 0 bridgehead atoms. The Morgan fingerprint density at radius 2 is 1.85 bits per heavy atom. The summed E-state index contributed by atoms with van der Waals surface area (Å²) in [5.74, 6) is 0.230. The molecule has 1 aliphatic rings. The molecule has 0 atom stereocenters. The van der Waals surface area contributed by atoms with E-state index in [2.05, 4.69) is 20.7 Å². The summed E-state index contributed by atoms with van der Waals surface area (Å²) in [6.07, 6.45) is 1.44. The summed E-state index contributed by atoms with van der Waals surface area (Å²) in [6, 6.07) is 7.53. The van der Waals surface area contributed by atoms with Crippen molar-refractivity contribution in [3.63, 3.8) is 0 Å². The number of aliphatic hydroxyl groups is 1. The number of nitrogens with zero attached hydrogens (tertiary/aromatic N) is 1. The van der Waals surface area contributed by atoms with E-state index in [4.69, 9.17) is 5.11 Å². The van der Waals surface area contributed by atoms with Gasteiger partial charge in [-0.05, 0) is 36.5 Å². The lowest BCUT2D eigenvalue weighted by atomic mass is 10.00. The lowest BCUT2D eigenvalue weighted by Crippen LogP contribution is -2.45. The third-order valence-electron chi connectivity index (χ3n) is 3.54. The Balaban J connectivity index is 1.89. The molecule has 2 N–H and O–H groups in total. The van der Waals surface area contributed by atoms with Crippen molar-refractivity contribution in [2.24, 2.45) is 5.92 Å². The topological polar surface area (TPSA) is 69.6 Å². The molecule has 1 saturated heterocycles. The highest BCUT2D eigenvalue weighted by atomic mass is 79.9. The second kappa shape index (κ2) is 7.00. The van der Waals surface area contributed by atoms with Gasteiger partial charge in [0.15, 0.2) is 0 Å². The average Bonchev–Trinajstić information content (AvgIpc) is 2.47. The van der Waals surface area contributed by atoms with E-state index in [9.17, 15) is 8.42 Å². The van der Waals surface area contributed by atoms with Crippen LogP contribution in [0.2, 0.25) is 0 Å². The van der Waals surface area contributed by atoms with Gasteiger partial charge in [-0.1, -0.05) is 28.1 Å². The van der Waals surface area contributed by atoms with Gasteiger partial charge in [0.2, 0.25) is 0 Å². The lowest BCUT2D eigenvalue weighted by Gasteiger charge is -2.30. The molecule has 1 aromatic rings. The molecule has 112 valence electrons. The van der Waals surface area contributed by atoms with Crippen LogP contribution in [0.25, 0.3) is 0 Å². The largest absolute Gasteiger partial charge is 0.396 e. The van der Waals surface area contributed by atoms with Gasteiger partial charge in [0, 0.05) is 30.7 Å². The number of aliphatic hydroxyl groups excluding tert-OH is 1. The average molecular weight is 363 g/mol. The maximum absolute atomic E-state index is 12.2. The molecule has 1 aliphatic heterocycles. The number of rotatable bonds is 5. The molecule has 0 saturated carbocycles. The molecular weight excluding hydrogens is 344 g/mol. The summed E-state index contributed by atoms with van der Waals surface area (Å²) in [5, 5.41) is 9.07. The molecule has 20 heavy (non-hydrogen) atoms. The summed E-state index contributed by atoms with van der Waals surface area (Å²) < 4.78 is 29.4. The molecule has 0 aromatic heterocycles. The first-order valence-electron chi connectivity index (χ1n) is 6.61. The number of hydrogen-bond donors (Lipinski definition) is 2. The molecule has 5 nitrogen and oxygen atoms in total. The van der Waals surface area contributed by atoms with Crippen LogP contribution in [0.5, 0.6) is 0 Å². The number of hydrogen-bond acceptors (Lipinski definition) is 3. The highest BCUT2D eigenvalue weighted by Gasteiger charge is 2.27. The minimum absolute atomic E-state index is 0.139. The highest BCUT2D eigenvalue weighted by Crippen LogP contribution is 2.18. The molecule has 0 amide bonds. The first kappa shape index (κ1) is 15.9. The number of benzene rings is 1. The first-order chi connectivity index (χ1) is 9.51. The molecule has 1 fully saturated rings. The molecule has 7 heteroatoms. The van der Waals surface area contributed by atoms with Gasteiger partial charge >= 0.3 is 0 Å². The molecule has 2 rings (SSSR count). The third-order valence-corrected chi connectivity index (χ3v) is 5.63. The predicted molar refractivity (Wildman–Crippen MR) is 81.3 cm³/mol. The van der Waals surface area contributed by atoms with Crippen LogP contribution in [-0.2, 0) is 16.8 Å². The molecule has 0 aliphatic carbocycles. The Kier molecular flexibility index (Phi) is 5.57. The van der Waals surface area contributed by atoms with Crippen LogP contribution in [-0.4, -0.2) is 37.5 Å². The SMILES string of the molecule is O=S(=O)(NCc1ccc(Br)cc1)N1CCC(CO)CC1. The molecule has 0 spiro atoms. The van der Waals surface area contributed by atoms with Crippen molar-refractivity contribution in [3.05, 3.63) is 34.3 Å². The number of piperidine rings is 1. The van der Waals surface area contributed by atoms with Gasteiger partial charge in [-0.15, -0.1) is 0 Å². The summed E-state index contributed by atoms with van der Waals surface area (Å²) >= 11 is 3.34. The number of nitrogens with one attached hydrogen (secondary N) is 1. The zero-order valence-corrected chi connectivity index (χ0v) is 13.5. The lowest BCUT2D eigenvalue weighted by molar-refractivity contribution is 0.169. The van der Waals surface area contributed by atoms with Crippen LogP contribution in [0.4, 0.5) is 0 Å². The van der Waals surface area contributed by atoms with E-state index in [-0.39, 0.29) is 19.1 Å². The van der Waals surface area contributed by atoms with Gasteiger partial charge in [-0.3, -0.25) is 0 Å². The van der Waals surface area contributed by atoms with Crippen molar-refractivity contribution in [2.45, 2.75) is 19.4 Å². The van der Waals surface area contributed by atoms with E-state index >= 15 is 0 Å². The Labute approximate surface area is 128 Å². The summed E-state index contributed by atoms with van der Waals surface area (Å²) in [7, 11) is -3.43. The standard InChI is InChI=1S/C13H19BrN2O3S/c14-13-3-1-11(2-4-13)9-15-20(18,19)16-7-5-12(10-17)6-8-16/h1-4,12,15,17H,5-10H2. The van der Waals surface area contributed by atoms with Gasteiger partial charge in [-0.25, -0.2) is 0 Å². The van der Waals surface area contributed by atoms with Gasteiger partial charge in [0.05, 0.1) is 0 Å². The van der Waals surface area contributed by atoms with Crippen molar-refractivity contribution in [1.29, 1.82) is 0 Å². The zero-order chi connectivity index (χ0) is 14.6. The predicted octanol–water partition coefficient (Wildman–Crippen LogP) is 1.49. The first-order valence-corrected chi connectivity index (χ1v) is 8.84. The summed E-state index contributed by atoms with van der Waals surface area (Å²) in [5.41, 5.74) is 0.919. The van der Waals surface area contributed by atoms with Gasteiger partial charge < -0.3 is 5.11 Å². The van der Waals surface area contributed by atoms with E-state index in [1.165, 1.54) is 4.31 Å². The van der Waals surface area contributed by atoms with Crippen molar-refractivity contribution >= 4 is 26.1 Å². The minimum atomic E-state index is -3.43. The molecular formula is C13H19BrN2O3S. The van der Waals surface area contributed by atoms with E-state index < -0.39 is 10.2 Å². The van der Waals surface area contributed by atoms with Gasteiger partial charge in [0.25, 0.3) is 10.2 Å². The molecule has 0 radical (unpaired) electrons. The Morgan fingerprint density at radius 1 is 1.25 bits per heavy atom. The normalized spacial score (nSPS) is 18.3. The van der Waals surface area contributed by atoms with Crippen molar-refractivity contribution in [1.82, 2.24) is 9.03 Å². The van der Waals surface area contributed by atoms with Crippen molar-refractivity contribution in [2.75, 3.05) is 19.7 Å². The highest BCUT2D eigenvalue weighted by molar-refractivity contribution is 9.10. The summed E-state index contributed by atoms with van der Waals surface area (Å²) in [4.78, 5) is 0. The van der Waals surface area contributed by atoms with Crippen molar-refractivity contribution in [3.8, 4) is 0 Å². The van der Waals surface area contributed by atoms with Gasteiger partial charge in [-0.2, -0.15) is 17.4 Å². The number of halogens is 1. The summed E-state index contributed by atoms with van der Waals surface area (Å²) in [6.45, 7) is 1.37. The van der Waals surface area contributed by atoms with Crippen LogP contribution >= 0.6 is 15.9 Å². The van der Waals surface area contributed by atoms with E-state index in [1.54, 1.807) is 0 Å². The van der Waals surface area contributed by atoms with Crippen LogP contribution in [0.15, 0.2) is 28.7 Å². The Bertz CT molecular complexity index is 525. The fourth-order valence-electron chi connectivity index (χ4n) is 2.20. The van der Waals surface area contributed by atoms with E-state index in [0.29, 0.717) is 13.1 Å². The van der Waals surface area contributed by atoms with E-state index in [1.807, 2.05) is 24.3 Å². The molecule has 1 heterocycles. The monoisotopic (exact) mass is 362 g/mol. The van der Waals surface area contributed by atoms with Crippen LogP contribution in [0.1, 0.15) is 18.4 Å². The molecule has 0 unspecified atom stereocenters.